The minimum Gasteiger partial charge on any atom is -0.455 e. The Balaban J connectivity index is 1.50. The lowest BCUT2D eigenvalue weighted by Gasteiger charge is -1.99. The number of hydrogen-bond acceptors (Lipinski definition) is 7. The molecule has 2 aromatic carbocycles. The van der Waals surface area contributed by atoms with Gasteiger partial charge in [0.25, 0.3) is 5.69 Å². The van der Waals surface area contributed by atoms with Crippen molar-refractivity contribution in [3.8, 4) is 11.3 Å². The van der Waals surface area contributed by atoms with Gasteiger partial charge in [0.2, 0.25) is 5.13 Å². The number of furan rings is 1. The van der Waals surface area contributed by atoms with Gasteiger partial charge in [-0.1, -0.05) is 35.1 Å². The number of para-hydroxylation sites is 1. The standard InChI is InChI=1S/C18H11ClN4O3S/c19-13-7-5-11(9-15(13)23(24)25)16-8-6-12(26-16)10-20-22-18-21-14-3-1-2-4-17(14)27-18/h1-10H,(H,21,22)/b20-10-. The Morgan fingerprint density at radius 2 is 2.07 bits per heavy atom. The minimum absolute atomic E-state index is 0.0807. The summed E-state index contributed by atoms with van der Waals surface area (Å²) in [6, 6.07) is 15.8. The second-order valence-corrected chi connectivity index (χ2v) is 6.92. The topological polar surface area (TPSA) is 93.6 Å². The highest BCUT2D eigenvalue weighted by atomic mass is 35.5. The molecule has 0 saturated heterocycles. The van der Waals surface area contributed by atoms with E-state index < -0.39 is 4.92 Å². The van der Waals surface area contributed by atoms with Gasteiger partial charge in [-0.15, -0.1) is 0 Å². The monoisotopic (exact) mass is 398 g/mol. The zero-order valence-electron chi connectivity index (χ0n) is 13.6. The number of fused-ring (bicyclic) bond motifs is 1. The Hall–Kier alpha value is -3.23. The third-order valence-corrected chi connectivity index (χ3v) is 4.96. The van der Waals surface area contributed by atoms with Gasteiger partial charge in [-0.3, -0.25) is 15.5 Å². The average molecular weight is 399 g/mol. The fourth-order valence-electron chi connectivity index (χ4n) is 2.45. The normalized spacial score (nSPS) is 11.3. The summed E-state index contributed by atoms with van der Waals surface area (Å²) in [7, 11) is 0. The van der Waals surface area contributed by atoms with Crippen molar-refractivity contribution < 1.29 is 9.34 Å². The van der Waals surface area contributed by atoms with Crippen molar-refractivity contribution in [3.63, 3.8) is 0 Å². The molecule has 0 spiro atoms. The summed E-state index contributed by atoms with van der Waals surface area (Å²) in [5.74, 6) is 0.979. The van der Waals surface area contributed by atoms with Gasteiger partial charge in [0.15, 0.2) is 0 Å². The van der Waals surface area contributed by atoms with Crippen molar-refractivity contribution in [1.82, 2.24) is 4.98 Å². The second-order valence-electron chi connectivity index (χ2n) is 5.48. The van der Waals surface area contributed by atoms with Gasteiger partial charge in [-0.25, -0.2) is 4.98 Å². The molecule has 134 valence electrons. The summed E-state index contributed by atoms with van der Waals surface area (Å²) in [6.07, 6.45) is 1.51. The van der Waals surface area contributed by atoms with Crippen LogP contribution in [-0.2, 0) is 0 Å². The van der Waals surface area contributed by atoms with Crippen LogP contribution in [0.4, 0.5) is 10.8 Å². The molecule has 0 fully saturated rings. The third kappa shape index (κ3) is 3.67. The van der Waals surface area contributed by atoms with Crippen LogP contribution in [0.25, 0.3) is 21.5 Å². The van der Waals surface area contributed by atoms with Crippen LogP contribution in [0.3, 0.4) is 0 Å². The molecule has 0 aliphatic heterocycles. The van der Waals surface area contributed by atoms with Crippen LogP contribution in [0, 0.1) is 10.1 Å². The van der Waals surface area contributed by atoms with Crippen LogP contribution in [0.2, 0.25) is 5.02 Å². The predicted octanol–water partition coefficient (Wildman–Crippen LogP) is 5.56. The van der Waals surface area contributed by atoms with Crippen molar-refractivity contribution >= 4 is 50.2 Å². The minimum atomic E-state index is -0.529. The molecule has 0 aliphatic rings. The number of anilines is 1. The summed E-state index contributed by atoms with van der Waals surface area (Å²) in [4.78, 5) is 14.9. The number of nitrogens with zero attached hydrogens (tertiary/aromatic N) is 3. The maximum absolute atomic E-state index is 11.0. The van der Waals surface area contributed by atoms with Crippen LogP contribution >= 0.6 is 22.9 Å². The van der Waals surface area contributed by atoms with E-state index in [1.165, 1.54) is 29.7 Å². The van der Waals surface area contributed by atoms with Crippen molar-refractivity contribution in [3.05, 3.63) is 75.5 Å². The summed E-state index contributed by atoms with van der Waals surface area (Å²) in [5.41, 5.74) is 4.17. The molecule has 0 radical (unpaired) electrons. The van der Waals surface area contributed by atoms with E-state index in [-0.39, 0.29) is 10.7 Å². The van der Waals surface area contributed by atoms with E-state index in [2.05, 4.69) is 15.5 Å². The molecule has 0 saturated carbocycles. The van der Waals surface area contributed by atoms with Gasteiger partial charge in [0.1, 0.15) is 16.5 Å². The van der Waals surface area contributed by atoms with Gasteiger partial charge in [-0.2, -0.15) is 5.10 Å². The van der Waals surface area contributed by atoms with E-state index in [0.29, 0.717) is 22.2 Å². The van der Waals surface area contributed by atoms with Crippen molar-refractivity contribution in [1.29, 1.82) is 0 Å². The number of nitrogens with one attached hydrogen (secondary N) is 1. The number of nitro groups is 1. The van der Waals surface area contributed by atoms with E-state index in [1.807, 2.05) is 24.3 Å². The molecule has 1 N–H and O–H groups in total. The molecule has 0 aliphatic carbocycles. The van der Waals surface area contributed by atoms with Crippen molar-refractivity contribution in [2.45, 2.75) is 0 Å². The van der Waals surface area contributed by atoms with Gasteiger partial charge < -0.3 is 4.42 Å². The first-order valence-corrected chi connectivity index (χ1v) is 8.98. The van der Waals surface area contributed by atoms with Gasteiger partial charge in [0.05, 0.1) is 21.4 Å². The first-order valence-electron chi connectivity index (χ1n) is 7.79. The smallest absolute Gasteiger partial charge is 0.288 e. The Labute approximate surface area is 162 Å². The largest absolute Gasteiger partial charge is 0.455 e. The van der Waals surface area contributed by atoms with Crippen LogP contribution < -0.4 is 5.43 Å². The SMILES string of the molecule is O=[N+]([O-])c1cc(-c2ccc(/C=N\Nc3nc4ccccc4s3)o2)ccc1Cl. The fraction of sp³-hybridized carbons (Fsp3) is 0. The molecular weight excluding hydrogens is 388 g/mol. The molecule has 0 unspecified atom stereocenters. The van der Waals surface area contributed by atoms with Gasteiger partial charge in [-0.05, 0) is 36.4 Å². The summed E-state index contributed by atoms with van der Waals surface area (Å²) in [5, 5.41) is 15.9. The highest BCUT2D eigenvalue weighted by Crippen LogP contribution is 2.31. The Morgan fingerprint density at radius 3 is 2.89 bits per heavy atom. The lowest BCUT2D eigenvalue weighted by Crippen LogP contribution is -1.89. The lowest BCUT2D eigenvalue weighted by atomic mass is 10.1. The molecule has 4 rings (SSSR count). The summed E-state index contributed by atoms with van der Waals surface area (Å²) in [6.45, 7) is 0. The molecule has 2 heterocycles. The van der Waals surface area contributed by atoms with E-state index in [1.54, 1.807) is 18.2 Å². The van der Waals surface area contributed by atoms with Crippen LogP contribution in [-0.4, -0.2) is 16.1 Å². The molecule has 7 nitrogen and oxygen atoms in total. The number of hydrogen-bond donors (Lipinski definition) is 1. The average Bonchev–Trinajstić information content (AvgIpc) is 3.28. The molecule has 0 atom stereocenters. The predicted molar refractivity (Wildman–Crippen MR) is 107 cm³/mol. The molecule has 27 heavy (non-hydrogen) atoms. The van der Waals surface area contributed by atoms with E-state index in [0.717, 1.165) is 10.2 Å². The number of benzene rings is 2. The summed E-state index contributed by atoms with van der Waals surface area (Å²) < 4.78 is 6.74. The second kappa shape index (κ2) is 7.18. The Morgan fingerprint density at radius 1 is 1.22 bits per heavy atom. The van der Waals surface area contributed by atoms with Crippen LogP contribution in [0.1, 0.15) is 5.76 Å². The van der Waals surface area contributed by atoms with Crippen molar-refractivity contribution in [2.24, 2.45) is 5.10 Å². The Kier molecular flexibility index (Phi) is 4.57. The third-order valence-electron chi connectivity index (χ3n) is 3.70. The maximum atomic E-state index is 11.0. The van der Waals surface area contributed by atoms with E-state index >= 15 is 0 Å². The number of halogens is 1. The number of aromatic nitrogens is 1. The number of rotatable bonds is 5. The number of nitro benzene ring substituents is 1. The van der Waals surface area contributed by atoms with E-state index in [4.69, 9.17) is 16.0 Å². The summed E-state index contributed by atoms with van der Waals surface area (Å²) >= 11 is 7.33. The van der Waals surface area contributed by atoms with Gasteiger partial charge >= 0.3 is 0 Å². The fourth-order valence-corrected chi connectivity index (χ4v) is 3.46. The Bertz CT molecular complexity index is 1140. The first kappa shape index (κ1) is 17.2. The quantitative estimate of drug-likeness (QED) is 0.269. The van der Waals surface area contributed by atoms with Crippen molar-refractivity contribution in [2.75, 3.05) is 5.43 Å². The lowest BCUT2D eigenvalue weighted by molar-refractivity contribution is -0.384. The number of thiazole rings is 1. The van der Waals surface area contributed by atoms with Gasteiger partial charge in [0, 0.05) is 11.6 Å². The molecule has 0 amide bonds. The zero-order valence-corrected chi connectivity index (χ0v) is 15.2. The molecule has 0 bridgehead atoms. The zero-order chi connectivity index (χ0) is 18.8. The van der Waals surface area contributed by atoms with Crippen LogP contribution in [0.15, 0.2) is 64.1 Å². The molecular formula is C18H11ClN4O3S. The first-order chi connectivity index (χ1) is 13.1. The maximum Gasteiger partial charge on any atom is 0.288 e. The van der Waals surface area contributed by atoms with E-state index in [9.17, 15) is 10.1 Å². The molecule has 2 aromatic heterocycles. The highest BCUT2D eigenvalue weighted by molar-refractivity contribution is 7.22. The highest BCUT2D eigenvalue weighted by Gasteiger charge is 2.15. The number of hydrazone groups is 1. The van der Waals surface area contributed by atoms with Crippen LogP contribution in [0.5, 0.6) is 0 Å². The molecule has 4 aromatic rings. The molecule has 9 heteroatoms.